The molecule has 0 spiro atoms. The molecule has 6 nitrogen and oxygen atoms in total. The maximum atomic E-state index is 13.2. The zero-order valence-corrected chi connectivity index (χ0v) is 18.4. The average molecular weight is 496 g/mol. The number of halogens is 4. The molecule has 0 aliphatic carbocycles. The summed E-state index contributed by atoms with van der Waals surface area (Å²) in [5.74, 6) is 0.616. The van der Waals surface area contributed by atoms with E-state index in [4.69, 9.17) is 0 Å². The van der Waals surface area contributed by atoms with E-state index in [0.717, 1.165) is 6.07 Å². The van der Waals surface area contributed by atoms with Crippen molar-refractivity contribution >= 4 is 33.4 Å². The van der Waals surface area contributed by atoms with Crippen molar-refractivity contribution in [2.24, 2.45) is 5.92 Å². The molecule has 0 aliphatic heterocycles. The minimum atomic E-state index is -4.50. The van der Waals surface area contributed by atoms with Gasteiger partial charge in [0.25, 0.3) is 0 Å². The number of nitrogens with zero attached hydrogens (tertiary/aromatic N) is 3. The number of aromatic nitrogens is 3. The molecule has 164 valence electrons. The van der Waals surface area contributed by atoms with Crippen molar-refractivity contribution in [3.05, 3.63) is 58.7 Å². The van der Waals surface area contributed by atoms with E-state index in [1.165, 1.54) is 12.1 Å². The molecule has 0 fully saturated rings. The van der Waals surface area contributed by atoms with Crippen LogP contribution in [0.1, 0.15) is 19.4 Å². The third-order valence-corrected chi connectivity index (χ3v) is 5.21. The summed E-state index contributed by atoms with van der Waals surface area (Å²) in [5.41, 5.74) is 0.479. The molecule has 2 aromatic heterocycles. The van der Waals surface area contributed by atoms with Crippen LogP contribution < -0.4 is 10.6 Å². The normalized spacial score (nSPS) is 12.6. The Labute approximate surface area is 186 Å². The maximum Gasteiger partial charge on any atom is 0.417 e. The summed E-state index contributed by atoms with van der Waals surface area (Å²) in [6.07, 6.45) is -2.88. The number of rotatable bonds is 7. The standard InChI is InChI=1S/C21H21BrF3N5O/c1-12(2)18(11-31)29-20-28-17(16-5-3-4-8-26-16)10-19(30-20)27-13-6-7-15(22)14(9-13)21(23,24)25/h3-10,12,18,31H,11H2,1-2H3,(H2,27,28,29,30)/t18-/m0/s1. The molecule has 0 saturated carbocycles. The van der Waals surface area contributed by atoms with Crippen LogP contribution in [0.4, 0.5) is 30.6 Å². The third-order valence-electron chi connectivity index (χ3n) is 4.51. The Balaban J connectivity index is 2.00. The smallest absolute Gasteiger partial charge is 0.394 e. The van der Waals surface area contributed by atoms with Crippen LogP contribution in [0.15, 0.2) is 53.1 Å². The maximum absolute atomic E-state index is 13.2. The van der Waals surface area contributed by atoms with Crippen LogP contribution >= 0.6 is 15.9 Å². The molecule has 3 rings (SSSR count). The summed E-state index contributed by atoms with van der Waals surface area (Å²) in [7, 11) is 0. The van der Waals surface area contributed by atoms with Gasteiger partial charge in [0.1, 0.15) is 5.82 Å². The van der Waals surface area contributed by atoms with Crippen LogP contribution in [0.25, 0.3) is 11.4 Å². The topological polar surface area (TPSA) is 83.0 Å². The van der Waals surface area contributed by atoms with Gasteiger partial charge in [-0.2, -0.15) is 18.2 Å². The number of aliphatic hydroxyl groups excluding tert-OH is 1. The van der Waals surface area contributed by atoms with Gasteiger partial charge in [-0.05, 0) is 36.2 Å². The van der Waals surface area contributed by atoms with E-state index < -0.39 is 11.7 Å². The van der Waals surface area contributed by atoms with Crippen molar-refractivity contribution in [1.82, 2.24) is 15.0 Å². The molecule has 10 heteroatoms. The quantitative estimate of drug-likeness (QED) is 0.401. The molecule has 0 saturated heterocycles. The van der Waals surface area contributed by atoms with Crippen molar-refractivity contribution in [1.29, 1.82) is 0 Å². The largest absolute Gasteiger partial charge is 0.417 e. The molecular formula is C21H21BrF3N5O. The van der Waals surface area contributed by atoms with Crippen LogP contribution in [0.5, 0.6) is 0 Å². The van der Waals surface area contributed by atoms with E-state index in [-0.39, 0.29) is 40.5 Å². The predicted octanol–water partition coefficient (Wildman–Crippen LogP) is 5.49. The molecule has 1 atom stereocenters. The van der Waals surface area contributed by atoms with Gasteiger partial charge in [-0.15, -0.1) is 0 Å². The van der Waals surface area contributed by atoms with Crippen LogP contribution in [-0.2, 0) is 6.18 Å². The third kappa shape index (κ3) is 5.92. The molecule has 0 bridgehead atoms. The van der Waals surface area contributed by atoms with E-state index in [9.17, 15) is 18.3 Å². The van der Waals surface area contributed by atoms with E-state index in [2.05, 4.69) is 41.5 Å². The molecule has 0 unspecified atom stereocenters. The monoisotopic (exact) mass is 495 g/mol. The Morgan fingerprint density at radius 2 is 1.84 bits per heavy atom. The molecule has 3 N–H and O–H groups in total. The van der Waals surface area contributed by atoms with E-state index in [1.54, 1.807) is 30.5 Å². The SMILES string of the molecule is CC(C)[C@H](CO)Nc1nc(Nc2ccc(Br)c(C(F)(F)F)c2)cc(-c2ccccn2)n1. The minimum absolute atomic E-state index is 0.0486. The van der Waals surface area contributed by atoms with Gasteiger partial charge < -0.3 is 15.7 Å². The zero-order valence-electron chi connectivity index (χ0n) is 16.8. The fourth-order valence-electron chi connectivity index (χ4n) is 2.78. The number of hydrogen-bond donors (Lipinski definition) is 3. The van der Waals surface area contributed by atoms with Gasteiger partial charge in [0.2, 0.25) is 5.95 Å². The molecule has 0 amide bonds. The van der Waals surface area contributed by atoms with E-state index >= 15 is 0 Å². The minimum Gasteiger partial charge on any atom is -0.394 e. The fourth-order valence-corrected chi connectivity index (χ4v) is 3.25. The lowest BCUT2D eigenvalue weighted by molar-refractivity contribution is -0.138. The second-order valence-corrected chi connectivity index (χ2v) is 8.03. The second kappa shape index (κ2) is 9.61. The first-order valence-corrected chi connectivity index (χ1v) is 10.3. The number of hydrogen-bond acceptors (Lipinski definition) is 6. The summed E-state index contributed by atoms with van der Waals surface area (Å²) < 4.78 is 39.7. The number of benzene rings is 1. The Morgan fingerprint density at radius 3 is 2.45 bits per heavy atom. The highest BCUT2D eigenvalue weighted by Gasteiger charge is 2.33. The Kier molecular flexibility index (Phi) is 7.11. The van der Waals surface area contributed by atoms with Crippen LogP contribution in [0, 0.1) is 5.92 Å². The van der Waals surface area contributed by atoms with Gasteiger partial charge in [0.05, 0.1) is 29.6 Å². The molecule has 0 aliphatic rings. The van der Waals surface area contributed by atoms with E-state index in [1.807, 2.05) is 13.8 Å². The molecule has 3 aromatic rings. The Morgan fingerprint density at radius 1 is 1.06 bits per heavy atom. The van der Waals surface area contributed by atoms with Gasteiger partial charge in [-0.25, -0.2) is 4.98 Å². The first kappa shape index (κ1) is 23.0. The van der Waals surface area contributed by atoms with Crippen molar-refractivity contribution in [2.45, 2.75) is 26.1 Å². The van der Waals surface area contributed by atoms with Crippen LogP contribution in [-0.4, -0.2) is 32.7 Å². The summed E-state index contributed by atoms with van der Waals surface area (Å²) in [5, 5.41) is 15.6. The molecular weight excluding hydrogens is 475 g/mol. The lowest BCUT2D eigenvalue weighted by Gasteiger charge is -2.20. The van der Waals surface area contributed by atoms with Crippen molar-refractivity contribution in [2.75, 3.05) is 17.2 Å². The lowest BCUT2D eigenvalue weighted by Crippen LogP contribution is -2.30. The van der Waals surface area contributed by atoms with Gasteiger partial charge in [0.15, 0.2) is 0 Å². The average Bonchev–Trinajstić information content (AvgIpc) is 2.73. The highest BCUT2D eigenvalue weighted by Crippen LogP contribution is 2.37. The summed E-state index contributed by atoms with van der Waals surface area (Å²) in [4.78, 5) is 13.1. The van der Waals surface area contributed by atoms with Gasteiger partial charge in [0, 0.05) is 22.4 Å². The fraction of sp³-hybridized carbons (Fsp3) is 0.286. The first-order valence-electron chi connectivity index (χ1n) is 9.49. The number of aliphatic hydroxyl groups is 1. The molecule has 2 heterocycles. The summed E-state index contributed by atoms with van der Waals surface area (Å²) >= 11 is 2.94. The zero-order chi connectivity index (χ0) is 22.6. The van der Waals surface area contributed by atoms with Crippen molar-refractivity contribution < 1.29 is 18.3 Å². The molecule has 31 heavy (non-hydrogen) atoms. The molecule has 0 radical (unpaired) electrons. The Bertz CT molecular complexity index is 1030. The van der Waals surface area contributed by atoms with E-state index in [0.29, 0.717) is 11.4 Å². The highest BCUT2D eigenvalue weighted by molar-refractivity contribution is 9.10. The predicted molar refractivity (Wildman–Crippen MR) is 117 cm³/mol. The van der Waals surface area contributed by atoms with Gasteiger partial charge in [-0.1, -0.05) is 35.8 Å². The number of alkyl halides is 3. The van der Waals surface area contributed by atoms with Gasteiger partial charge in [-0.3, -0.25) is 4.98 Å². The molecule has 1 aromatic carbocycles. The van der Waals surface area contributed by atoms with Crippen LogP contribution in [0.2, 0.25) is 0 Å². The number of nitrogens with one attached hydrogen (secondary N) is 2. The summed E-state index contributed by atoms with van der Waals surface area (Å²) in [6, 6.07) is 10.5. The van der Waals surface area contributed by atoms with Crippen molar-refractivity contribution in [3.8, 4) is 11.4 Å². The number of pyridine rings is 1. The number of anilines is 3. The second-order valence-electron chi connectivity index (χ2n) is 7.17. The highest BCUT2D eigenvalue weighted by atomic mass is 79.9. The van der Waals surface area contributed by atoms with Crippen molar-refractivity contribution in [3.63, 3.8) is 0 Å². The van der Waals surface area contributed by atoms with Gasteiger partial charge >= 0.3 is 6.18 Å². The Hall–Kier alpha value is -2.72. The summed E-state index contributed by atoms with van der Waals surface area (Å²) in [6.45, 7) is 3.76. The lowest BCUT2D eigenvalue weighted by atomic mass is 10.1. The first-order chi connectivity index (χ1) is 14.7. The van der Waals surface area contributed by atoms with Crippen LogP contribution in [0.3, 0.4) is 0 Å².